The highest BCUT2D eigenvalue weighted by Gasteiger charge is 2.26. The molecule has 6 heteroatoms. The predicted molar refractivity (Wildman–Crippen MR) is 80.5 cm³/mol. The van der Waals surface area contributed by atoms with Crippen LogP contribution in [0.1, 0.15) is 18.1 Å². The molecular formula is C15H14NO4P. The Bertz CT molecular complexity index is 617. The zero-order valence-corrected chi connectivity index (χ0v) is 12.1. The van der Waals surface area contributed by atoms with Crippen LogP contribution in [0.4, 0.5) is 5.69 Å². The van der Waals surface area contributed by atoms with Crippen LogP contribution in [0.15, 0.2) is 54.6 Å². The number of hydrogen-bond acceptors (Lipinski definition) is 4. The first-order valence-electron chi connectivity index (χ1n) is 6.63. The zero-order valence-electron chi connectivity index (χ0n) is 11.2. The topological polar surface area (TPSA) is 61.6 Å². The molecule has 3 rings (SSSR count). The second-order valence-corrected chi connectivity index (χ2v) is 6.16. The van der Waals surface area contributed by atoms with Gasteiger partial charge in [0.2, 0.25) is 8.38 Å². The lowest BCUT2D eigenvalue weighted by Crippen LogP contribution is -2.16. The number of rotatable bonds is 3. The van der Waals surface area contributed by atoms with Crippen LogP contribution in [0.25, 0.3) is 0 Å². The van der Waals surface area contributed by atoms with Gasteiger partial charge in [-0.1, -0.05) is 18.2 Å². The summed E-state index contributed by atoms with van der Waals surface area (Å²) in [4.78, 5) is 10.3. The second-order valence-electron chi connectivity index (χ2n) is 4.66. The first kappa shape index (κ1) is 14.1. The summed E-state index contributed by atoms with van der Waals surface area (Å²) in [5.41, 5.74) is 1.04. The van der Waals surface area contributed by atoms with E-state index < -0.39 is 13.3 Å². The SMILES string of the molecule is O=[N+]([O-])c1ccc(C2CCOP(c3ccccc3)O2)cc1. The van der Waals surface area contributed by atoms with Gasteiger partial charge >= 0.3 is 0 Å². The van der Waals surface area contributed by atoms with Crippen molar-refractivity contribution in [3.63, 3.8) is 0 Å². The molecule has 2 unspecified atom stereocenters. The molecule has 0 aliphatic carbocycles. The van der Waals surface area contributed by atoms with E-state index in [4.69, 9.17) is 9.05 Å². The molecule has 0 spiro atoms. The summed E-state index contributed by atoms with van der Waals surface area (Å²) in [6.07, 6.45) is 0.676. The van der Waals surface area contributed by atoms with Crippen LogP contribution in [-0.2, 0) is 9.05 Å². The van der Waals surface area contributed by atoms with Crippen molar-refractivity contribution >= 4 is 19.4 Å². The molecule has 1 fully saturated rings. The fourth-order valence-electron chi connectivity index (χ4n) is 2.16. The maximum absolute atomic E-state index is 10.7. The zero-order chi connectivity index (χ0) is 14.7. The van der Waals surface area contributed by atoms with Gasteiger partial charge in [-0.25, -0.2) is 0 Å². The van der Waals surface area contributed by atoms with E-state index in [1.54, 1.807) is 12.1 Å². The third kappa shape index (κ3) is 3.27. The van der Waals surface area contributed by atoms with Gasteiger partial charge in [-0.2, -0.15) is 0 Å². The average Bonchev–Trinajstić information content (AvgIpc) is 2.56. The Morgan fingerprint density at radius 3 is 2.48 bits per heavy atom. The molecule has 0 radical (unpaired) electrons. The van der Waals surface area contributed by atoms with Gasteiger partial charge < -0.3 is 9.05 Å². The van der Waals surface area contributed by atoms with Crippen molar-refractivity contribution < 1.29 is 14.0 Å². The first-order valence-corrected chi connectivity index (χ1v) is 7.81. The lowest BCUT2D eigenvalue weighted by Gasteiger charge is -2.29. The molecule has 2 atom stereocenters. The van der Waals surface area contributed by atoms with Crippen LogP contribution in [0.3, 0.4) is 0 Å². The highest BCUT2D eigenvalue weighted by Crippen LogP contribution is 2.47. The second kappa shape index (κ2) is 6.31. The van der Waals surface area contributed by atoms with Crippen LogP contribution in [0.5, 0.6) is 0 Å². The van der Waals surface area contributed by atoms with E-state index in [0.29, 0.717) is 6.61 Å². The number of non-ortho nitro benzene ring substituents is 1. The first-order chi connectivity index (χ1) is 10.2. The van der Waals surface area contributed by atoms with Crippen molar-refractivity contribution in [1.82, 2.24) is 0 Å². The molecule has 2 aromatic carbocycles. The molecule has 21 heavy (non-hydrogen) atoms. The highest BCUT2D eigenvalue weighted by atomic mass is 31.2. The summed E-state index contributed by atoms with van der Waals surface area (Å²) in [6, 6.07) is 16.4. The molecule has 1 aliphatic heterocycles. The lowest BCUT2D eigenvalue weighted by atomic mass is 10.1. The molecule has 2 aromatic rings. The van der Waals surface area contributed by atoms with Gasteiger partial charge in [0.15, 0.2) is 0 Å². The number of hydrogen-bond donors (Lipinski definition) is 0. The monoisotopic (exact) mass is 303 g/mol. The van der Waals surface area contributed by atoms with Gasteiger partial charge in [-0.15, -0.1) is 0 Å². The molecule has 0 N–H and O–H groups in total. The standard InChI is InChI=1S/C15H14NO4P/c17-16(18)13-8-6-12(7-9-13)15-10-11-19-21(20-15)14-4-2-1-3-5-14/h1-9,15H,10-11H2. The van der Waals surface area contributed by atoms with Gasteiger partial charge in [0.1, 0.15) is 0 Å². The largest absolute Gasteiger partial charge is 0.330 e. The maximum atomic E-state index is 10.7. The fraction of sp³-hybridized carbons (Fsp3) is 0.200. The lowest BCUT2D eigenvalue weighted by molar-refractivity contribution is -0.384. The van der Waals surface area contributed by atoms with Crippen molar-refractivity contribution in [3.8, 4) is 0 Å². The van der Waals surface area contributed by atoms with E-state index in [-0.39, 0.29) is 11.8 Å². The van der Waals surface area contributed by atoms with E-state index in [9.17, 15) is 10.1 Å². The summed E-state index contributed by atoms with van der Waals surface area (Å²) < 4.78 is 11.7. The minimum absolute atomic E-state index is 0.0779. The highest BCUT2D eigenvalue weighted by molar-refractivity contribution is 7.56. The molecule has 1 aliphatic rings. The molecule has 0 aromatic heterocycles. The minimum Gasteiger partial charge on any atom is -0.330 e. The van der Waals surface area contributed by atoms with Crippen molar-refractivity contribution in [3.05, 3.63) is 70.3 Å². The van der Waals surface area contributed by atoms with Crippen molar-refractivity contribution in [2.24, 2.45) is 0 Å². The van der Waals surface area contributed by atoms with Crippen LogP contribution in [0.2, 0.25) is 0 Å². The smallest absolute Gasteiger partial charge is 0.269 e. The van der Waals surface area contributed by atoms with Gasteiger partial charge in [0, 0.05) is 23.9 Å². The van der Waals surface area contributed by atoms with Gasteiger partial charge in [-0.3, -0.25) is 10.1 Å². The minimum atomic E-state index is -1.08. The van der Waals surface area contributed by atoms with Gasteiger partial charge in [-0.05, 0) is 29.8 Å². The molecule has 0 bridgehead atoms. The van der Waals surface area contributed by atoms with E-state index in [1.165, 1.54) is 12.1 Å². The summed E-state index contributed by atoms with van der Waals surface area (Å²) in [7, 11) is -1.08. The third-order valence-corrected chi connectivity index (χ3v) is 4.84. The van der Waals surface area contributed by atoms with Gasteiger partial charge in [0.25, 0.3) is 5.69 Å². The van der Waals surface area contributed by atoms with Crippen LogP contribution in [0, 0.1) is 10.1 Å². The maximum Gasteiger partial charge on any atom is 0.269 e. The molecule has 5 nitrogen and oxygen atoms in total. The van der Waals surface area contributed by atoms with E-state index in [1.807, 2.05) is 30.3 Å². The Hall–Kier alpha value is -1.81. The van der Waals surface area contributed by atoms with Crippen molar-refractivity contribution in [2.45, 2.75) is 12.5 Å². The average molecular weight is 303 g/mol. The predicted octanol–water partition coefficient (Wildman–Crippen LogP) is 3.71. The van der Waals surface area contributed by atoms with E-state index in [2.05, 4.69) is 0 Å². The van der Waals surface area contributed by atoms with Crippen LogP contribution in [-0.4, -0.2) is 11.5 Å². The Morgan fingerprint density at radius 1 is 1.10 bits per heavy atom. The number of nitrogens with zero attached hydrogens (tertiary/aromatic N) is 1. The molecule has 108 valence electrons. The number of nitro groups is 1. The molecule has 1 heterocycles. The molecule has 1 saturated heterocycles. The summed E-state index contributed by atoms with van der Waals surface area (Å²) in [6.45, 7) is 0.627. The van der Waals surface area contributed by atoms with Crippen molar-refractivity contribution in [2.75, 3.05) is 6.61 Å². The summed E-state index contributed by atoms with van der Waals surface area (Å²) in [5, 5.41) is 11.7. The summed E-state index contributed by atoms with van der Waals surface area (Å²) in [5.74, 6) is 0. The summed E-state index contributed by atoms with van der Waals surface area (Å²) >= 11 is 0. The molecular weight excluding hydrogens is 289 g/mol. The number of benzene rings is 2. The Kier molecular flexibility index (Phi) is 4.25. The van der Waals surface area contributed by atoms with Crippen molar-refractivity contribution in [1.29, 1.82) is 0 Å². The number of nitro benzene ring substituents is 1. The van der Waals surface area contributed by atoms with E-state index in [0.717, 1.165) is 17.3 Å². The molecule has 0 amide bonds. The fourth-order valence-corrected chi connectivity index (χ4v) is 3.64. The van der Waals surface area contributed by atoms with Crippen LogP contribution < -0.4 is 5.30 Å². The van der Waals surface area contributed by atoms with Gasteiger partial charge in [0.05, 0.1) is 17.6 Å². The normalized spacial score (nSPS) is 21.9. The third-order valence-electron chi connectivity index (χ3n) is 3.25. The Balaban J connectivity index is 1.75. The Morgan fingerprint density at radius 2 is 1.81 bits per heavy atom. The van der Waals surface area contributed by atoms with E-state index >= 15 is 0 Å². The molecule has 0 saturated carbocycles. The van der Waals surface area contributed by atoms with Crippen LogP contribution >= 0.6 is 8.38 Å². The quantitative estimate of drug-likeness (QED) is 0.492. The Labute approximate surface area is 123 Å².